The van der Waals surface area contributed by atoms with Crippen LogP contribution in [0.15, 0.2) is 0 Å². The second-order valence-corrected chi connectivity index (χ2v) is 5.43. The van der Waals surface area contributed by atoms with Crippen LogP contribution < -0.4 is 11.1 Å². The standard InChI is InChI=1S/C13H25N3O2.2ClH/c14-13(4-2-1-3-5-13)12(17)15-6-7-16-8-10-18-11-9-16;;/h1-11,14H2,(H,15,17);2*1H. The van der Waals surface area contributed by atoms with Crippen LogP contribution in [0.2, 0.25) is 0 Å². The van der Waals surface area contributed by atoms with E-state index in [1.165, 1.54) is 6.42 Å². The van der Waals surface area contributed by atoms with E-state index in [1.54, 1.807) is 0 Å². The number of nitrogens with two attached hydrogens (primary N) is 1. The van der Waals surface area contributed by atoms with Crippen LogP contribution in [-0.2, 0) is 9.53 Å². The molecular formula is C13H27Cl2N3O2. The van der Waals surface area contributed by atoms with E-state index in [4.69, 9.17) is 10.5 Å². The Morgan fingerprint density at radius 2 is 1.75 bits per heavy atom. The van der Waals surface area contributed by atoms with Gasteiger partial charge in [0.2, 0.25) is 5.91 Å². The van der Waals surface area contributed by atoms with Gasteiger partial charge in [0.25, 0.3) is 0 Å². The number of carbonyl (C=O) groups is 1. The highest BCUT2D eigenvalue weighted by Gasteiger charge is 2.34. The second-order valence-electron chi connectivity index (χ2n) is 5.43. The average Bonchev–Trinajstić information content (AvgIpc) is 2.41. The normalized spacial score (nSPS) is 22.2. The van der Waals surface area contributed by atoms with Crippen LogP contribution in [0.5, 0.6) is 0 Å². The molecule has 120 valence electrons. The minimum absolute atomic E-state index is 0. The lowest BCUT2D eigenvalue weighted by Crippen LogP contribution is -2.56. The lowest BCUT2D eigenvalue weighted by Gasteiger charge is -2.32. The Morgan fingerprint density at radius 1 is 1.15 bits per heavy atom. The molecule has 0 unspecified atom stereocenters. The monoisotopic (exact) mass is 327 g/mol. The summed E-state index contributed by atoms with van der Waals surface area (Å²) >= 11 is 0. The number of rotatable bonds is 4. The Morgan fingerprint density at radius 3 is 2.35 bits per heavy atom. The Bertz CT molecular complexity index is 281. The van der Waals surface area contributed by atoms with E-state index in [0.717, 1.165) is 58.5 Å². The van der Waals surface area contributed by atoms with Gasteiger partial charge in [0.15, 0.2) is 0 Å². The highest BCUT2D eigenvalue weighted by atomic mass is 35.5. The molecule has 0 aromatic heterocycles. The quantitative estimate of drug-likeness (QED) is 0.806. The molecule has 0 radical (unpaired) electrons. The lowest BCUT2D eigenvalue weighted by molar-refractivity contribution is -0.127. The van der Waals surface area contributed by atoms with Gasteiger partial charge in [0, 0.05) is 26.2 Å². The maximum absolute atomic E-state index is 12.1. The van der Waals surface area contributed by atoms with Crippen molar-refractivity contribution in [1.82, 2.24) is 10.2 Å². The molecule has 1 aliphatic heterocycles. The third-order valence-corrected chi connectivity index (χ3v) is 4.02. The summed E-state index contributed by atoms with van der Waals surface area (Å²) in [5.41, 5.74) is 5.57. The maximum atomic E-state index is 12.1. The van der Waals surface area contributed by atoms with Crippen LogP contribution in [0.4, 0.5) is 0 Å². The zero-order chi connectivity index (χ0) is 12.8. The number of nitrogens with one attached hydrogen (secondary N) is 1. The van der Waals surface area contributed by atoms with E-state index in [-0.39, 0.29) is 30.7 Å². The third-order valence-electron chi connectivity index (χ3n) is 4.02. The first-order valence-electron chi connectivity index (χ1n) is 7.08. The van der Waals surface area contributed by atoms with Crippen LogP contribution in [0.25, 0.3) is 0 Å². The van der Waals surface area contributed by atoms with Gasteiger partial charge in [-0.05, 0) is 12.8 Å². The van der Waals surface area contributed by atoms with E-state index in [9.17, 15) is 4.79 Å². The van der Waals surface area contributed by atoms with Gasteiger partial charge in [-0.3, -0.25) is 9.69 Å². The molecule has 1 aliphatic carbocycles. The summed E-state index contributed by atoms with van der Waals surface area (Å²) in [4.78, 5) is 14.4. The van der Waals surface area contributed by atoms with Gasteiger partial charge < -0.3 is 15.8 Å². The Kier molecular flexibility index (Phi) is 9.76. The van der Waals surface area contributed by atoms with Crippen LogP contribution >= 0.6 is 24.8 Å². The molecule has 1 heterocycles. The largest absolute Gasteiger partial charge is 0.379 e. The number of hydrogen-bond acceptors (Lipinski definition) is 4. The summed E-state index contributed by atoms with van der Waals surface area (Å²) in [6, 6.07) is 0. The first-order valence-corrected chi connectivity index (χ1v) is 7.08. The van der Waals surface area contributed by atoms with Gasteiger partial charge in [-0.25, -0.2) is 0 Å². The molecule has 0 atom stereocenters. The van der Waals surface area contributed by atoms with E-state index < -0.39 is 5.54 Å². The molecule has 2 fully saturated rings. The molecule has 0 aromatic carbocycles. The topological polar surface area (TPSA) is 67.6 Å². The van der Waals surface area contributed by atoms with Gasteiger partial charge in [-0.15, -0.1) is 24.8 Å². The first-order chi connectivity index (χ1) is 8.71. The van der Waals surface area contributed by atoms with Gasteiger partial charge in [0.1, 0.15) is 0 Å². The number of carbonyl (C=O) groups excluding carboxylic acids is 1. The molecule has 2 aliphatic rings. The van der Waals surface area contributed by atoms with Crippen LogP contribution in [0.3, 0.4) is 0 Å². The van der Waals surface area contributed by atoms with Crippen molar-refractivity contribution < 1.29 is 9.53 Å². The SMILES string of the molecule is Cl.Cl.NC1(C(=O)NCCN2CCOCC2)CCCCC1. The fourth-order valence-electron chi connectivity index (χ4n) is 2.74. The number of ether oxygens (including phenoxy) is 1. The smallest absolute Gasteiger partial charge is 0.240 e. The average molecular weight is 328 g/mol. The molecule has 5 nitrogen and oxygen atoms in total. The zero-order valence-corrected chi connectivity index (χ0v) is 13.6. The maximum Gasteiger partial charge on any atom is 0.240 e. The molecule has 3 N–H and O–H groups in total. The van der Waals surface area contributed by atoms with Gasteiger partial charge >= 0.3 is 0 Å². The molecule has 0 aromatic rings. The Labute approximate surface area is 133 Å². The fourth-order valence-corrected chi connectivity index (χ4v) is 2.74. The molecule has 0 bridgehead atoms. The zero-order valence-electron chi connectivity index (χ0n) is 11.9. The summed E-state index contributed by atoms with van der Waals surface area (Å²) in [5.74, 6) is 0.0375. The van der Waals surface area contributed by atoms with E-state index in [0.29, 0.717) is 6.54 Å². The summed E-state index contributed by atoms with van der Waals surface area (Å²) < 4.78 is 5.29. The van der Waals surface area contributed by atoms with Gasteiger partial charge in [0.05, 0.1) is 18.8 Å². The number of hydrogen-bond donors (Lipinski definition) is 2. The van der Waals surface area contributed by atoms with Crippen molar-refractivity contribution in [2.45, 2.75) is 37.6 Å². The molecule has 1 amide bonds. The molecular weight excluding hydrogens is 301 g/mol. The van der Waals surface area contributed by atoms with Gasteiger partial charge in [-0.1, -0.05) is 19.3 Å². The van der Waals surface area contributed by atoms with E-state index in [1.807, 2.05) is 0 Å². The van der Waals surface area contributed by atoms with Crippen molar-refractivity contribution in [3.8, 4) is 0 Å². The number of nitrogens with zero attached hydrogens (tertiary/aromatic N) is 1. The summed E-state index contributed by atoms with van der Waals surface area (Å²) in [6.45, 7) is 5.11. The van der Waals surface area contributed by atoms with Gasteiger partial charge in [-0.2, -0.15) is 0 Å². The molecule has 7 heteroatoms. The van der Waals surface area contributed by atoms with E-state index in [2.05, 4.69) is 10.2 Å². The van der Waals surface area contributed by atoms with Crippen molar-refractivity contribution >= 4 is 30.7 Å². The summed E-state index contributed by atoms with van der Waals surface area (Å²) in [6.07, 6.45) is 5.02. The molecule has 0 spiro atoms. The van der Waals surface area contributed by atoms with Crippen LogP contribution in [0.1, 0.15) is 32.1 Å². The second kappa shape index (κ2) is 9.79. The lowest BCUT2D eigenvalue weighted by atomic mass is 9.82. The van der Waals surface area contributed by atoms with Crippen molar-refractivity contribution in [2.24, 2.45) is 5.73 Å². The molecule has 20 heavy (non-hydrogen) atoms. The molecule has 1 saturated heterocycles. The predicted molar refractivity (Wildman–Crippen MR) is 84.8 cm³/mol. The molecule has 2 rings (SSSR count). The van der Waals surface area contributed by atoms with E-state index >= 15 is 0 Å². The number of morpholine rings is 1. The Hall–Kier alpha value is -0.0700. The van der Waals surface area contributed by atoms with Crippen molar-refractivity contribution in [3.63, 3.8) is 0 Å². The third kappa shape index (κ3) is 5.74. The highest BCUT2D eigenvalue weighted by molar-refractivity contribution is 5.86. The minimum Gasteiger partial charge on any atom is -0.379 e. The highest BCUT2D eigenvalue weighted by Crippen LogP contribution is 2.25. The Balaban J connectivity index is 0.00000180. The van der Waals surface area contributed by atoms with Crippen molar-refractivity contribution in [2.75, 3.05) is 39.4 Å². The minimum atomic E-state index is -0.608. The van der Waals surface area contributed by atoms with Crippen LogP contribution in [-0.4, -0.2) is 55.7 Å². The number of amides is 1. The summed E-state index contributed by atoms with van der Waals surface area (Å²) in [7, 11) is 0. The predicted octanol–water partition coefficient (Wildman–Crippen LogP) is 0.940. The van der Waals surface area contributed by atoms with Crippen LogP contribution in [0, 0.1) is 0 Å². The fraction of sp³-hybridized carbons (Fsp3) is 0.923. The van der Waals surface area contributed by atoms with Crippen molar-refractivity contribution in [3.05, 3.63) is 0 Å². The summed E-state index contributed by atoms with van der Waals surface area (Å²) in [5, 5.41) is 2.99. The first kappa shape index (κ1) is 19.9. The van der Waals surface area contributed by atoms with Crippen molar-refractivity contribution in [1.29, 1.82) is 0 Å². The number of halogens is 2. The molecule has 1 saturated carbocycles.